The maximum Gasteiger partial charge on any atom is 0.246 e. The third kappa shape index (κ3) is 3.80. The van der Waals surface area contributed by atoms with Crippen molar-refractivity contribution in [2.75, 3.05) is 12.4 Å². The number of nitrogens with zero attached hydrogens (tertiary/aromatic N) is 3. The number of hydrogen-bond acceptors (Lipinski definition) is 4. The normalized spacial score (nSPS) is 10.3. The van der Waals surface area contributed by atoms with Crippen LogP contribution in [-0.4, -0.2) is 27.8 Å². The lowest BCUT2D eigenvalue weighted by molar-refractivity contribution is -0.116. The molecule has 0 aliphatic carbocycles. The maximum absolute atomic E-state index is 11.9. The second kappa shape index (κ2) is 6.20. The summed E-state index contributed by atoms with van der Waals surface area (Å²) in [5.74, 6) is 0.313. The Morgan fingerprint density at radius 2 is 2.37 bits per heavy atom. The summed E-state index contributed by atoms with van der Waals surface area (Å²) in [5.41, 5.74) is 0.523. The van der Waals surface area contributed by atoms with Crippen molar-refractivity contribution in [1.82, 2.24) is 14.8 Å². The summed E-state index contributed by atoms with van der Waals surface area (Å²) in [7, 11) is 1.53. The van der Waals surface area contributed by atoms with Crippen molar-refractivity contribution in [3.63, 3.8) is 0 Å². The van der Waals surface area contributed by atoms with E-state index in [9.17, 15) is 4.79 Å². The summed E-state index contributed by atoms with van der Waals surface area (Å²) < 4.78 is 7.19. The predicted octanol–water partition coefficient (Wildman–Crippen LogP) is 2.18. The molecule has 0 aliphatic heterocycles. The number of anilines is 1. The predicted molar refractivity (Wildman–Crippen MR) is 79.4 cm³/mol. The minimum atomic E-state index is -0.234. The number of amides is 1. The quantitative estimate of drug-likeness (QED) is 0.810. The minimum Gasteiger partial charge on any atom is -0.495 e. The molecule has 1 aromatic carbocycles. The molecule has 0 spiro atoms. The number of hydrogen-bond donors (Lipinski definition) is 1. The van der Waals surface area contributed by atoms with Crippen LogP contribution in [0.15, 0.2) is 24.5 Å². The largest absolute Gasteiger partial charge is 0.495 e. The van der Waals surface area contributed by atoms with Crippen LogP contribution in [-0.2, 0) is 11.3 Å². The maximum atomic E-state index is 11.9. The van der Waals surface area contributed by atoms with Crippen molar-refractivity contribution in [2.45, 2.75) is 6.54 Å². The second-order valence-corrected chi connectivity index (χ2v) is 5.01. The molecule has 1 heterocycles. The van der Waals surface area contributed by atoms with Gasteiger partial charge in [-0.2, -0.15) is 0 Å². The van der Waals surface area contributed by atoms with E-state index in [-0.39, 0.29) is 12.5 Å². The van der Waals surface area contributed by atoms with Gasteiger partial charge in [0.15, 0.2) is 0 Å². The molecule has 0 unspecified atom stereocenters. The van der Waals surface area contributed by atoms with Crippen LogP contribution in [0.25, 0.3) is 0 Å². The van der Waals surface area contributed by atoms with Gasteiger partial charge in [-0.05, 0) is 18.2 Å². The highest BCUT2D eigenvalue weighted by Gasteiger charge is 2.09. The number of halogens is 2. The first-order valence-corrected chi connectivity index (χ1v) is 6.72. The number of methoxy groups -OCH3 is 1. The number of carbonyl (C=O) groups excluding carboxylic acids is 1. The Hall–Kier alpha value is -1.35. The zero-order valence-electron chi connectivity index (χ0n) is 9.93. The lowest BCUT2D eigenvalue weighted by Crippen LogP contribution is -2.19. The molecule has 2 rings (SSSR count). The number of aromatic nitrogens is 3. The summed E-state index contributed by atoms with van der Waals surface area (Å²) in [6.45, 7) is 0.0751. The van der Waals surface area contributed by atoms with Gasteiger partial charge in [-0.3, -0.25) is 4.79 Å². The molecule has 6 nitrogen and oxygen atoms in total. The van der Waals surface area contributed by atoms with Crippen molar-refractivity contribution in [3.8, 4) is 5.75 Å². The molecular weight excluding hydrogens is 383 g/mol. The van der Waals surface area contributed by atoms with Crippen molar-refractivity contribution in [2.24, 2.45) is 0 Å². The SMILES string of the molecule is COc1ccc(Cl)cc1NC(=O)Cn1cnc(I)n1. The molecule has 0 aliphatic rings. The van der Waals surface area contributed by atoms with E-state index in [1.165, 1.54) is 18.1 Å². The number of benzene rings is 1. The third-order valence-electron chi connectivity index (χ3n) is 2.25. The number of nitrogens with one attached hydrogen (secondary N) is 1. The number of ether oxygens (including phenoxy) is 1. The van der Waals surface area contributed by atoms with Crippen LogP contribution < -0.4 is 10.1 Å². The zero-order valence-corrected chi connectivity index (χ0v) is 12.8. The highest BCUT2D eigenvalue weighted by atomic mass is 127. The highest BCUT2D eigenvalue weighted by Crippen LogP contribution is 2.27. The van der Waals surface area contributed by atoms with Crippen LogP contribution in [0.2, 0.25) is 5.02 Å². The molecule has 1 amide bonds. The summed E-state index contributed by atoms with van der Waals surface area (Å²) in [6, 6.07) is 5.01. The summed E-state index contributed by atoms with van der Waals surface area (Å²) >= 11 is 7.86. The average Bonchev–Trinajstić information content (AvgIpc) is 2.75. The monoisotopic (exact) mass is 392 g/mol. The van der Waals surface area contributed by atoms with Crippen LogP contribution in [0, 0.1) is 3.83 Å². The van der Waals surface area contributed by atoms with Crippen LogP contribution in [0.3, 0.4) is 0 Å². The van der Waals surface area contributed by atoms with Crippen LogP contribution >= 0.6 is 34.2 Å². The lowest BCUT2D eigenvalue weighted by Gasteiger charge is -2.10. The van der Waals surface area contributed by atoms with Gasteiger partial charge in [0.05, 0.1) is 12.8 Å². The van der Waals surface area contributed by atoms with Gasteiger partial charge in [-0.15, -0.1) is 5.10 Å². The molecule has 8 heteroatoms. The highest BCUT2D eigenvalue weighted by molar-refractivity contribution is 14.1. The lowest BCUT2D eigenvalue weighted by atomic mass is 10.3. The van der Waals surface area contributed by atoms with Crippen molar-refractivity contribution < 1.29 is 9.53 Å². The molecular formula is C11H10ClIN4O2. The molecule has 100 valence electrons. The van der Waals surface area contributed by atoms with Crippen LogP contribution in [0.1, 0.15) is 0 Å². The minimum absolute atomic E-state index is 0.0751. The van der Waals surface area contributed by atoms with Crippen LogP contribution in [0.4, 0.5) is 5.69 Å². The smallest absolute Gasteiger partial charge is 0.246 e. The van der Waals surface area contributed by atoms with E-state index in [0.717, 1.165) is 0 Å². The molecule has 19 heavy (non-hydrogen) atoms. The first-order chi connectivity index (χ1) is 9.08. The van der Waals surface area contributed by atoms with Gasteiger partial charge in [0, 0.05) is 27.6 Å². The van der Waals surface area contributed by atoms with Gasteiger partial charge >= 0.3 is 0 Å². The molecule has 0 fully saturated rings. The first-order valence-electron chi connectivity index (χ1n) is 5.27. The van der Waals surface area contributed by atoms with E-state index in [1.807, 2.05) is 22.6 Å². The molecule has 1 N–H and O–H groups in total. The van der Waals surface area contributed by atoms with Gasteiger partial charge in [0.2, 0.25) is 9.74 Å². The van der Waals surface area contributed by atoms with E-state index in [4.69, 9.17) is 16.3 Å². The van der Waals surface area contributed by atoms with E-state index < -0.39 is 0 Å². The fraction of sp³-hybridized carbons (Fsp3) is 0.182. The van der Waals surface area contributed by atoms with Gasteiger partial charge in [-0.1, -0.05) is 11.6 Å². The van der Waals surface area contributed by atoms with Crippen molar-refractivity contribution in [1.29, 1.82) is 0 Å². The Balaban J connectivity index is 2.08. The Kier molecular flexibility index (Phi) is 4.59. The Labute approximate surface area is 128 Å². The fourth-order valence-corrected chi connectivity index (χ4v) is 2.04. The molecule has 0 saturated carbocycles. The second-order valence-electron chi connectivity index (χ2n) is 3.60. The van der Waals surface area contributed by atoms with E-state index in [0.29, 0.717) is 20.3 Å². The Morgan fingerprint density at radius 1 is 1.58 bits per heavy atom. The van der Waals surface area contributed by atoms with Gasteiger partial charge in [-0.25, -0.2) is 9.67 Å². The fourth-order valence-electron chi connectivity index (χ4n) is 1.46. The molecule has 0 bridgehead atoms. The first kappa shape index (κ1) is 14.1. The molecule has 0 radical (unpaired) electrons. The van der Waals surface area contributed by atoms with E-state index in [1.54, 1.807) is 18.2 Å². The number of rotatable bonds is 4. The summed E-state index contributed by atoms with van der Waals surface area (Å²) in [4.78, 5) is 15.8. The molecule has 0 atom stereocenters. The zero-order chi connectivity index (χ0) is 13.8. The van der Waals surface area contributed by atoms with Gasteiger partial charge in [0.1, 0.15) is 18.6 Å². The average molecular weight is 393 g/mol. The molecule has 1 aromatic heterocycles. The summed E-state index contributed by atoms with van der Waals surface area (Å²) in [5, 5.41) is 7.27. The van der Waals surface area contributed by atoms with Crippen LogP contribution in [0.5, 0.6) is 5.75 Å². The summed E-state index contributed by atoms with van der Waals surface area (Å²) in [6.07, 6.45) is 1.50. The van der Waals surface area contributed by atoms with Crippen molar-refractivity contribution >= 4 is 45.8 Å². The van der Waals surface area contributed by atoms with E-state index in [2.05, 4.69) is 15.4 Å². The van der Waals surface area contributed by atoms with Crippen molar-refractivity contribution in [3.05, 3.63) is 33.4 Å². The number of carbonyl (C=O) groups is 1. The van der Waals surface area contributed by atoms with Gasteiger partial charge < -0.3 is 10.1 Å². The standard InChI is InChI=1S/C11H10ClIN4O2/c1-19-9-3-2-7(12)4-8(9)15-10(18)5-17-6-14-11(13)16-17/h2-4,6H,5H2,1H3,(H,15,18). The molecule has 2 aromatic rings. The van der Waals surface area contributed by atoms with Gasteiger partial charge in [0.25, 0.3) is 0 Å². The third-order valence-corrected chi connectivity index (χ3v) is 2.98. The topological polar surface area (TPSA) is 69.0 Å². The van der Waals surface area contributed by atoms with E-state index >= 15 is 0 Å². The Morgan fingerprint density at radius 3 is 3.00 bits per heavy atom. The molecule has 0 saturated heterocycles. The Bertz CT molecular complexity index is 602.